The molecule has 0 bridgehead atoms. The molecule has 2 aromatic rings. The number of aliphatic hydroxyl groups is 1. The molecule has 5 nitrogen and oxygen atoms in total. The summed E-state index contributed by atoms with van der Waals surface area (Å²) in [4.78, 5) is 23.9. The van der Waals surface area contributed by atoms with Gasteiger partial charge in [0.15, 0.2) is 0 Å². The Morgan fingerprint density at radius 2 is 1.52 bits per heavy atom. The van der Waals surface area contributed by atoms with Crippen molar-refractivity contribution in [1.82, 2.24) is 10.6 Å². The van der Waals surface area contributed by atoms with Crippen LogP contribution in [0.2, 0.25) is 0 Å². The van der Waals surface area contributed by atoms with Gasteiger partial charge in [-0.15, -0.1) is 0 Å². The molecule has 27 heavy (non-hydrogen) atoms. The lowest BCUT2D eigenvalue weighted by atomic mass is 10.1. The molecule has 0 unspecified atom stereocenters. The normalized spacial score (nSPS) is 11.7. The molecule has 0 saturated heterocycles. The van der Waals surface area contributed by atoms with Crippen LogP contribution < -0.4 is 10.6 Å². The first-order valence-corrected chi connectivity index (χ1v) is 8.70. The van der Waals surface area contributed by atoms with E-state index >= 15 is 0 Å². The number of benzene rings is 2. The number of nitrogens with one attached hydrogen (secondary N) is 2. The molecule has 0 aliphatic carbocycles. The Hall–Kier alpha value is -2.80. The summed E-state index contributed by atoms with van der Waals surface area (Å²) in [6.45, 7) is 0.155. The number of amides is 2. The van der Waals surface area contributed by atoms with Crippen molar-refractivity contribution < 1.29 is 23.5 Å². The van der Waals surface area contributed by atoms with Gasteiger partial charge in [0.25, 0.3) is 11.8 Å². The molecule has 0 aliphatic rings. The van der Waals surface area contributed by atoms with Crippen molar-refractivity contribution in [2.75, 3.05) is 13.2 Å². The van der Waals surface area contributed by atoms with E-state index in [4.69, 9.17) is 0 Å². The summed E-state index contributed by atoms with van der Waals surface area (Å²) in [6.07, 6.45) is 1.79. The van der Waals surface area contributed by atoms with E-state index in [1.165, 1.54) is 42.5 Å². The predicted molar refractivity (Wildman–Crippen MR) is 97.3 cm³/mol. The molecule has 0 aliphatic heterocycles. The van der Waals surface area contributed by atoms with Gasteiger partial charge in [-0.05, 0) is 55.7 Å². The first-order chi connectivity index (χ1) is 13.0. The van der Waals surface area contributed by atoms with Crippen molar-refractivity contribution in [3.63, 3.8) is 0 Å². The first kappa shape index (κ1) is 20.5. The van der Waals surface area contributed by atoms with Crippen LogP contribution in [0.1, 0.15) is 40.0 Å². The molecule has 0 spiro atoms. The molecule has 0 fully saturated rings. The lowest BCUT2D eigenvalue weighted by Crippen LogP contribution is -2.37. The van der Waals surface area contributed by atoms with Gasteiger partial charge in [-0.25, -0.2) is 8.78 Å². The van der Waals surface area contributed by atoms with Crippen LogP contribution >= 0.6 is 0 Å². The summed E-state index contributed by atoms with van der Waals surface area (Å²) in [5, 5.41) is 14.8. The van der Waals surface area contributed by atoms with Gasteiger partial charge in [0.1, 0.15) is 11.6 Å². The standard InChI is InChI=1S/C20H22F2N2O3/c21-16-7-3-5-14(11-16)19(26)23-10-2-1-9-18(13-25)24-20(27)15-6-4-8-17(22)12-15/h3-8,11-12,18,25H,1-2,9-10,13H2,(H,23,26)(H,24,27)/t18-/m0/s1. The van der Waals surface area contributed by atoms with Crippen LogP contribution in [0.5, 0.6) is 0 Å². The van der Waals surface area contributed by atoms with E-state index < -0.39 is 23.6 Å². The molecular formula is C20H22F2N2O3. The molecule has 2 rings (SSSR count). The van der Waals surface area contributed by atoms with Gasteiger partial charge in [-0.1, -0.05) is 12.1 Å². The average molecular weight is 376 g/mol. The van der Waals surface area contributed by atoms with Crippen LogP contribution in [0.25, 0.3) is 0 Å². The smallest absolute Gasteiger partial charge is 0.251 e. The maximum Gasteiger partial charge on any atom is 0.251 e. The first-order valence-electron chi connectivity index (χ1n) is 8.70. The Morgan fingerprint density at radius 1 is 0.926 bits per heavy atom. The Morgan fingerprint density at radius 3 is 2.07 bits per heavy atom. The van der Waals surface area contributed by atoms with Gasteiger partial charge in [0.2, 0.25) is 0 Å². The summed E-state index contributed by atoms with van der Waals surface area (Å²) < 4.78 is 26.2. The Kier molecular flexibility index (Phi) is 7.88. The molecule has 0 heterocycles. The maximum absolute atomic E-state index is 13.2. The highest BCUT2D eigenvalue weighted by atomic mass is 19.1. The van der Waals surface area contributed by atoms with Crippen molar-refractivity contribution in [2.45, 2.75) is 25.3 Å². The molecule has 0 radical (unpaired) electrons. The van der Waals surface area contributed by atoms with Crippen molar-refractivity contribution in [1.29, 1.82) is 0 Å². The minimum atomic E-state index is -0.503. The molecular weight excluding hydrogens is 354 g/mol. The third kappa shape index (κ3) is 6.79. The van der Waals surface area contributed by atoms with Gasteiger partial charge < -0.3 is 15.7 Å². The number of halogens is 2. The zero-order valence-corrected chi connectivity index (χ0v) is 14.8. The van der Waals surface area contributed by atoms with Crippen molar-refractivity contribution in [3.8, 4) is 0 Å². The Balaban J connectivity index is 1.70. The van der Waals surface area contributed by atoms with E-state index in [9.17, 15) is 23.5 Å². The monoisotopic (exact) mass is 376 g/mol. The topological polar surface area (TPSA) is 78.4 Å². The van der Waals surface area contributed by atoms with Gasteiger partial charge in [-0.2, -0.15) is 0 Å². The fraction of sp³-hybridized carbons (Fsp3) is 0.300. The van der Waals surface area contributed by atoms with E-state index in [1.807, 2.05) is 0 Å². The number of rotatable bonds is 9. The van der Waals surface area contributed by atoms with E-state index in [0.29, 0.717) is 25.8 Å². The van der Waals surface area contributed by atoms with Gasteiger partial charge >= 0.3 is 0 Å². The molecule has 2 amide bonds. The molecule has 1 atom stereocenters. The molecule has 0 aromatic heterocycles. The van der Waals surface area contributed by atoms with E-state index in [0.717, 1.165) is 6.07 Å². The second kappa shape index (κ2) is 10.4. The van der Waals surface area contributed by atoms with Gasteiger partial charge in [0, 0.05) is 17.7 Å². The summed E-state index contributed by atoms with van der Waals surface area (Å²) in [5.41, 5.74) is 0.446. The van der Waals surface area contributed by atoms with Crippen molar-refractivity contribution in [2.24, 2.45) is 0 Å². The van der Waals surface area contributed by atoms with E-state index in [2.05, 4.69) is 10.6 Å². The third-order valence-corrected chi connectivity index (χ3v) is 3.99. The summed E-state index contributed by atoms with van der Waals surface area (Å²) in [6, 6.07) is 10.3. The highest BCUT2D eigenvalue weighted by Gasteiger charge is 2.13. The summed E-state index contributed by atoms with van der Waals surface area (Å²) >= 11 is 0. The van der Waals surface area contributed by atoms with Crippen molar-refractivity contribution in [3.05, 3.63) is 71.3 Å². The van der Waals surface area contributed by atoms with Gasteiger partial charge in [-0.3, -0.25) is 9.59 Å². The number of aliphatic hydroxyl groups excluding tert-OH is 1. The lowest BCUT2D eigenvalue weighted by Gasteiger charge is -2.16. The van der Waals surface area contributed by atoms with Crippen LogP contribution in [0, 0.1) is 11.6 Å². The van der Waals surface area contributed by atoms with Crippen LogP contribution in [0.15, 0.2) is 48.5 Å². The summed E-state index contributed by atoms with van der Waals surface area (Å²) in [7, 11) is 0. The van der Waals surface area contributed by atoms with Crippen LogP contribution in [0.4, 0.5) is 8.78 Å². The van der Waals surface area contributed by atoms with Crippen LogP contribution in [-0.2, 0) is 0 Å². The predicted octanol–water partition coefficient (Wildman–Crippen LogP) is 2.66. The molecule has 0 saturated carbocycles. The fourth-order valence-corrected chi connectivity index (χ4v) is 2.56. The maximum atomic E-state index is 13.2. The molecule has 3 N–H and O–H groups in total. The number of carbonyl (C=O) groups excluding carboxylic acids is 2. The molecule has 144 valence electrons. The van der Waals surface area contributed by atoms with Crippen LogP contribution in [0.3, 0.4) is 0 Å². The number of hydrogen-bond donors (Lipinski definition) is 3. The lowest BCUT2D eigenvalue weighted by molar-refractivity contribution is 0.0911. The highest BCUT2D eigenvalue weighted by Crippen LogP contribution is 2.07. The Labute approximate surface area is 156 Å². The summed E-state index contributed by atoms with van der Waals surface area (Å²) in [5.74, 6) is -1.78. The fourth-order valence-electron chi connectivity index (χ4n) is 2.56. The minimum absolute atomic E-state index is 0.191. The van der Waals surface area contributed by atoms with Crippen LogP contribution in [-0.4, -0.2) is 36.1 Å². The second-order valence-corrected chi connectivity index (χ2v) is 6.13. The highest BCUT2D eigenvalue weighted by molar-refractivity contribution is 5.94. The zero-order chi connectivity index (χ0) is 19.6. The second-order valence-electron chi connectivity index (χ2n) is 6.13. The molecule has 2 aromatic carbocycles. The minimum Gasteiger partial charge on any atom is -0.394 e. The SMILES string of the molecule is O=C(NCCCC[C@@H](CO)NC(=O)c1cccc(F)c1)c1cccc(F)c1. The quantitative estimate of drug-likeness (QED) is 0.589. The zero-order valence-electron chi connectivity index (χ0n) is 14.8. The Bertz CT molecular complexity index is 783. The number of hydrogen-bond acceptors (Lipinski definition) is 3. The third-order valence-electron chi connectivity index (χ3n) is 3.99. The van der Waals surface area contributed by atoms with Gasteiger partial charge in [0.05, 0.1) is 12.6 Å². The largest absolute Gasteiger partial charge is 0.394 e. The van der Waals surface area contributed by atoms with E-state index in [-0.39, 0.29) is 23.6 Å². The number of carbonyl (C=O) groups is 2. The van der Waals surface area contributed by atoms with E-state index in [1.54, 1.807) is 0 Å². The number of unbranched alkanes of at least 4 members (excludes halogenated alkanes) is 1. The molecule has 7 heteroatoms. The average Bonchev–Trinajstić information content (AvgIpc) is 2.66. The van der Waals surface area contributed by atoms with Crippen molar-refractivity contribution >= 4 is 11.8 Å².